The number of aliphatic hydroxyl groups is 1. The molecular weight excluding hydrogens is 362 g/mol. The molecule has 6 nitrogen and oxygen atoms in total. The number of azide groups is 1. The lowest BCUT2D eigenvalue weighted by molar-refractivity contribution is -0.0239. The standard InChI is InChI=1S/C18H39N3O3Si2/c1-12-15(23-25(8,9)17(2,3)4)16(14(22)13-20-21-19)24-26(10,11)18(5,6)7/h12,14-16,22H,1,13H2,2-11H3/t14-,15+,16+/m0/s1. The monoisotopic (exact) mass is 401 g/mol. The van der Waals surface area contributed by atoms with Crippen LogP contribution in [-0.4, -0.2) is 46.6 Å². The van der Waals surface area contributed by atoms with Gasteiger partial charge in [-0.1, -0.05) is 52.7 Å². The highest BCUT2D eigenvalue weighted by atomic mass is 28.4. The zero-order chi connectivity index (χ0) is 21.0. The second kappa shape index (κ2) is 9.04. The Morgan fingerprint density at radius 2 is 1.46 bits per heavy atom. The maximum atomic E-state index is 10.7. The first-order valence-corrected chi connectivity index (χ1v) is 15.0. The van der Waals surface area contributed by atoms with Crippen molar-refractivity contribution >= 4 is 16.6 Å². The molecule has 0 unspecified atom stereocenters. The van der Waals surface area contributed by atoms with Gasteiger partial charge in [-0.25, -0.2) is 0 Å². The van der Waals surface area contributed by atoms with Crippen molar-refractivity contribution in [3.63, 3.8) is 0 Å². The van der Waals surface area contributed by atoms with E-state index in [9.17, 15) is 5.11 Å². The van der Waals surface area contributed by atoms with Gasteiger partial charge in [0.05, 0.1) is 24.9 Å². The van der Waals surface area contributed by atoms with Crippen LogP contribution in [0.15, 0.2) is 17.8 Å². The van der Waals surface area contributed by atoms with Gasteiger partial charge in [-0.2, -0.15) is 0 Å². The molecule has 0 aromatic rings. The highest BCUT2D eigenvalue weighted by Gasteiger charge is 2.45. The van der Waals surface area contributed by atoms with E-state index in [1.54, 1.807) is 6.08 Å². The minimum atomic E-state index is -2.18. The van der Waals surface area contributed by atoms with Crippen LogP contribution in [0.5, 0.6) is 0 Å². The first-order valence-electron chi connectivity index (χ1n) is 9.17. The fourth-order valence-electron chi connectivity index (χ4n) is 1.87. The second-order valence-electron chi connectivity index (χ2n) is 9.90. The van der Waals surface area contributed by atoms with Crippen molar-refractivity contribution < 1.29 is 14.0 Å². The molecule has 0 saturated heterocycles. The molecule has 0 aliphatic heterocycles. The van der Waals surface area contributed by atoms with Crippen LogP contribution in [0.3, 0.4) is 0 Å². The maximum absolute atomic E-state index is 10.7. The summed E-state index contributed by atoms with van der Waals surface area (Å²) in [5, 5.41) is 14.2. The predicted molar refractivity (Wildman–Crippen MR) is 114 cm³/mol. The second-order valence-corrected chi connectivity index (χ2v) is 19.4. The fourth-order valence-corrected chi connectivity index (χ4v) is 4.46. The van der Waals surface area contributed by atoms with Gasteiger partial charge in [-0.3, -0.25) is 0 Å². The quantitative estimate of drug-likeness (QED) is 0.179. The molecule has 0 aliphatic rings. The summed E-state index contributed by atoms with van der Waals surface area (Å²) in [6, 6.07) is 0. The Hall–Kier alpha value is -0.636. The van der Waals surface area contributed by atoms with Gasteiger partial charge in [0, 0.05) is 4.91 Å². The lowest BCUT2D eigenvalue weighted by Gasteiger charge is -2.45. The topological polar surface area (TPSA) is 87.5 Å². The van der Waals surface area contributed by atoms with Crippen molar-refractivity contribution in [3.8, 4) is 0 Å². The van der Waals surface area contributed by atoms with E-state index in [1.165, 1.54) is 0 Å². The molecule has 8 heteroatoms. The SMILES string of the molecule is C=C[C@@H](O[Si](C)(C)C(C)(C)C)[C@H](O[Si](C)(C)C(C)(C)C)[C@@H](O)CN=[N+]=[N-]. The number of hydrogen-bond acceptors (Lipinski definition) is 4. The molecule has 152 valence electrons. The highest BCUT2D eigenvalue weighted by molar-refractivity contribution is 6.74. The van der Waals surface area contributed by atoms with Gasteiger partial charge in [0.15, 0.2) is 16.6 Å². The van der Waals surface area contributed by atoms with Crippen LogP contribution in [0.1, 0.15) is 41.5 Å². The summed E-state index contributed by atoms with van der Waals surface area (Å²) in [5.41, 5.74) is 8.62. The molecule has 3 atom stereocenters. The molecule has 0 amide bonds. The molecule has 0 spiro atoms. The fraction of sp³-hybridized carbons (Fsp3) is 0.889. The maximum Gasteiger partial charge on any atom is 0.193 e. The van der Waals surface area contributed by atoms with Crippen LogP contribution in [0.25, 0.3) is 10.4 Å². The average molecular weight is 402 g/mol. The van der Waals surface area contributed by atoms with E-state index >= 15 is 0 Å². The zero-order valence-electron chi connectivity index (χ0n) is 18.3. The van der Waals surface area contributed by atoms with Crippen LogP contribution in [0.2, 0.25) is 36.3 Å². The smallest absolute Gasteiger partial charge is 0.193 e. The molecule has 26 heavy (non-hydrogen) atoms. The Bertz CT molecular complexity index is 519. The third-order valence-electron chi connectivity index (χ3n) is 5.74. The van der Waals surface area contributed by atoms with Gasteiger partial charge in [-0.05, 0) is 41.8 Å². The van der Waals surface area contributed by atoms with E-state index in [2.05, 4.69) is 84.3 Å². The molecule has 0 heterocycles. The third kappa shape index (κ3) is 6.83. The Labute approximate surface area is 161 Å². The summed E-state index contributed by atoms with van der Waals surface area (Å²) in [7, 11) is -4.28. The molecule has 0 aromatic heterocycles. The predicted octanol–water partition coefficient (Wildman–Crippen LogP) is 5.62. The lowest BCUT2D eigenvalue weighted by Crippen LogP contribution is -2.55. The van der Waals surface area contributed by atoms with Gasteiger partial charge in [0.2, 0.25) is 0 Å². The Balaban J connectivity index is 5.80. The number of nitrogens with zero attached hydrogens (tertiary/aromatic N) is 3. The summed E-state index contributed by atoms with van der Waals surface area (Å²) in [4.78, 5) is 2.77. The zero-order valence-corrected chi connectivity index (χ0v) is 20.3. The van der Waals surface area contributed by atoms with Crippen LogP contribution in [0.4, 0.5) is 0 Å². The van der Waals surface area contributed by atoms with Crippen molar-refractivity contribution in [2.75, 3.05) is 6.54 Å². The van der Waals surface area contributed by atoms with Gasteiger partial charge < -0.3 is 14.0 Å². The van der Waals surface area contributed by atoms with E-state index in [0.717, 1.165) is 0 Å². The van der Waals surface area contributed by atoms with E-state index in [-0.39, 0.29) is 16.6 Å². The minimum Gasteiger partial charge on any atom is -0.408 e. The van der Waals surface area contributed by atoms with Gasteiger partial charge in [0.25, 0.3) is 0 Å². The molecule has 0 saturated carbocycles. The van der Waals surface area contributed by atoms with Crippen LogP contribution >= 0.6 is 0 Å². The van der Waals surface area contributed by atoms with E-state index in [1.807, 2.05) is 0 Å². The van der Waals surface area contributed by atoms with E-state index in [0.29, 0.717) is 0 Å². The normalized spacial score (nSPS) is 17.2. The Kier molecular flexibility index (Phi) is 8.82. The highest BCUT2D eigenvalue weighted by Crippen LogP contribution is 2.41. The van der Waals surface area contributed by atoms with Crippen LogP contribution < -0.4 is 0 Å². The number of aliphatic hydroxyl groups excluding tert-OH is 1. The average Bonchev–Trinajstić information content (AvgIpc) is 2.45. The van der Waals surface area contributed by atoms with Crippen molar-refractivity contribution in [1.82, 2.24) is 0 Å². The Morgan fingerprint density at radius 3 is 1.81 bits per heavy atom. The molecule has 0 aromatic carbocycles. The number of hydrogen-bond donors (Lipinski definition) is 1. The molecule has 0 rings (SSSR count). The summed E-state index contributed by atoms with van der Waals surface area (Å²) < 4.78 is 13.0. The molecule has 0 radical (unpaired) electrons. The molecule has 1 N–H and O–H groups in total. The first-order chi connectivity index (χ1) is 11.5. The van der Waals surface area contributed by atoms with Gasteiger partial charge >= 0.3 is 0 Å². The minimum absolute atomic E-state index is 0.0194. The van der Waals surface area contributed by atoms with Gasteiger partial charge in [-0.15, -0.1) is 6.58 Å². The Morgan fingerprint density at radius 1 is 1.04 bits per heavy atom. The third-order valence-corrected chi connectivity index (χ3v) is 14.7. The summed E-state index contributed by atoms with van der Waals surface area (Å²) in [5.74, 6) is 0. The lowest BCUT2D eigenvalue weighted by atomic mass is 10.1. The van der Waals surface area contributed by atoms with E-state index in [4.69, 9.17) is 14.4 Å². The van der Waals surface area contributed by atoms with E-state index < -0.39 is 34.9 Å². The molecule has 0 aliphatic carbocycles. The summed E-state index contributed by atoms with van der Waals surface area (Å²) in [6.45, 7) is 25.4. The van der Waals surface area contributed by atoms with Crippen molar-refractivity contribution in [2.45, 2.75) is 96.1 Å². The molecule has 0 bridgehead atoms. The first kappa shape index (κ1) is 25.4. The summed E-state index contributed by atoms with van der Waals surface area (Å²) >= 11 is 0. The molecular formula is C18H39N3O3Si2. The molecule has 0 fully saturated rings. The summed E-state index contributed by atoms with van der Waals surface area (Å²) in [6.07, 6.45) is -0.327. The van der Waals surface area contributed by atoms with Crippen molar-refractivity contribution in [3.05, 3.63) is 23.1 Å². The van der Waals surface area contributed by atoms with Gasteiger partial charge in [0.1, 0.15) is 0 Å². The van der Waals surface area contributed by atoms with Crippen LogP contribution in [-0.2, 0) is 8.85 Å². The van der Waals surface area contributed by atoms with Crippen molar-refractivity contribution in [2.24, 2.45) is 5.11 Å². The van der Waals surface area contributed by atoms with Crippen LogP contribution in [0, 0.1) is 0 Å². The number of rotatable bonds is 9. The largest absolute Gasteiger partial charge is 0.408 e. The van der Waals surface area contributed by atoms with Crippen molar-refractivity contribution in [1.29, 1.82) is 0 Å².